The van der Waals surface area contributed by atoms with Gasteiger partial charge >= 0.3 is 0 Å². The molecule has 0 spiro atoms. The van der Waals surface area contributed by atoms with Crippen molar-refractivity contribution in [1.29, 1.82) is 0 Å². The quantitative estimate of drug-likeness (QED) is 0.760. The van der Waals surface area contributed by atoms with Crippen LogP contribution in [0.1, 0.15) is 11.1 Å². The first-order valence-corrected chi connectivity index (χ1v) is 9.16. The van der Waals surface area contributed by atoms with Crippen LogP contribution in [0.25, 0.3) is 5.57 Å². The fourth-order valence-electron chi connectivity index (χ4n) is 2.75. The minimum atomic E-state index is -0.317. The van der Waals surface area contributed by atoms with Crippen molar-refractivity contribution < 1.29 is 19.4 Å². The summed E-state index contributed by atoms with van der Waals surface area (Å²) < 4.78 is 5.13. The number of carbonyl (C=O) groups is 2. The highest BCUT2D eigenvalue weighted by molar-refractivity contribution is 8.04. The van der Waals surface area contributed by atoms with Crippen LogP contribution in [0.5, 0.6) is 5.75 Å². The van der Waals surface area contributed by atoms with Gasteiger partial charge in [0.25, 0.3) is 11.8 Å². The first-order chi connectivity index (χ1) is 12.7. The van der Waals surface area contributed by atoms with Gasteiger partial charge in [-0.1, -0.05) is 42.5 Å². The fourth-order valence-corrected chi connectivity index (χ4v) is 3.63. The van der Waals surface area contributed by atoms with Crippen LogP contribution < -0.4 is 4.74 Å². The largest absolute Gasteiger partial charge is 0.497 e. The number of benzene rings is 2. The highest BCUT2D eigenvalue weighted by atomic mass is 32.2. The first kappa shape index (κ1) is 18.2. The molecule has 2 amide bonds. The number of aliphatic hydroxyl groups is 1. The number of hydrogen-bond acceptors (Lipinski definition) is 5. The molecule has 0 saturated carbocycles. The lowest BCUT2D eigenvalue weighted by atomic mass is 10.1. The average Bonchev–Trinajstić information content (AvgIpc) is 2.91. The third kappa shape index (κ3) is 3.66. The number of carbonyl (C=O) groups excluding carboxylic acids is 2. The van der Waals surface area contributed by atoms with E-state index < -0.39 is 0 Å². The molecule has 1 aliphatic rings. The molecule has 6 heteroatoms. The van der Waals surface area contributed by atoms with Crippen LogP contribution in [0, 0.1) is 0 Å². The van der Waals surface area contributed by atoms with Crippen molar-refractivity contribution >= 4 is 29.1 Å². The molecule has 2 aromatic carbocycles. The predicted molar refractivity (Wildman–Crippen MR) is 101 cm³/mol. The van der Waals surface area contributed by atoms with Crippen molar-refractivity contribution in [1.82, 2.24) is 4.90 Å². The molecule has 0 aromatic heterocycles. The number of imide groups is 1. The molecule has 0 bridgehead atoms. The van der Waals surface area contributed by atoms with Crippen LogP contribution in [-0.2, 0) is 16.1 Å². The van der Waals surface area contributed by atoms with Crippen molar-refractivity contribution in [2.45, 2.75) is 6.54 Å². The summed E-state index contributed by atoms with van der Waals surface area (Å²) in [5.74, 6) is 0.455. The van der Waals surface area contributed by atoms with Gasteiger partial charge < -0.3 is 9.84 Å². The summed E-state index contributed by atoms with van der Waals surface area (Å²) in [5, 5.41) is 9.12. The van der Waals surface area contributed by atoms with Crippen LogP contribution in [0.3, 0.4) is 0 Å². The van der Waals surface area contributed by atoms with Crippen molar-refractivity contribution in [2.75, 3.05) is 19.5 Å². The SMILES string of the molecule is COc1ccc(CN2C(=O)C(SCCO)=C(c3ccccc3)C2=O)cc1. The van der Waals surface area contributed by atoms with E-state index in [4.69, 9.17) is 9.84 Å². The molecule has 26 heavy (non-hydrogen) atoms. The summed E-state index contributed by atoms with van der Waals surface area (Å²) in [6, 6.07) is 16.4. The van der Waals surface area contributed by atoms with Gasteiger partial charge in [-0.15, -0.1) is 11.8 Å². The molecular weight excluding hydrogens is 350 g/mol. The van der Waals surface area contributed by atoms with Crippen LogP contribution in [-0.4, -0.2) is 41.3 Å². The molecule has 0 unspecified atom stereocenters. The van der Waals surface area contributed by atoms with E-state index in [1.54, 1.807) is 19.2 Å². The van der Waals surface area contributed by atoms with E-state index in [1.165, 1.54) is 16.7 Å². The molecule has 5 nitrogen and oxygen atoms in total. The van der Waals surface area contributed by atoms with Crippen molar-refractivity contribution in [3.05, 3.63) is 70.6 Å². The third-order valence-corrected chi connectivity index (χ3v) is 5.08. The van der Waals surface area contributed by atoms with E-state index in [0.29, 0.717) is 21.8 Å². The smallest absolute Gasteiger partial charge is 0.268 e. The normalized spacial score (nSPS) is 14.3. The number of thioether (sulfide) groups is 1. The van der Waals surface area contributed by atoms with Gasteiger partial charge in [0.05, 0.1) is 30.7 Å². The fraction of sp³-hybridized carbons (Fsp3) is 0.200. The number of rotatable bonds is 7. The van der Waals surface area contributed by atoms with Crippen molar-refractivity contribution in [3.63, 3.8) is 0 Å². The summed E-state index contributed by atoms with van der Waals surface area (Å²) in [6.07, 6.45) is 0. The van der Waals surface area contributed by atoms with Gasteiger partial charge in [0.15, 0.2) is 0 Å². The summed E-state index contributed by atoms with van der Waals surface area (Å²) in [4.78, 5) is 27.5. The van der Waals surface area contributed by atoms with E-state index in [9.17, 15) is 9.59 Å². The topological polar surface area (TPSA) is 66.8 Å². The van der Waals surface area contributed by atoms with Gasteiger partial charge in [-0.25, -0.2) is 0 Å². The van der Waals surface area contributed by atoms with Crippen LogP contribution in [0.15, 0.2) is 59.5 Å². The molecule has 2 aromatic rings. The van der Waals surface area contributed by atoms with Crippen LogP contribution in [0.2, 0.25) is 0 Å². The Labute approximate surface area is 156 Å². The third-order valence-electron chi connectivity index (χ3n) is 4.03. The Morgan fingerprint density at radius 1 is 1.00 bits per heavy atom. The standard InChI is InChI=1S/C20H19NO4S/c1-25-16-9-7-14(8-10-16)13-21-19(23)17(15-5-3-2-4-6-15)18(20(21)24)26-12-11-22/h2-10,22H,11-13H2,1H3. The molecule has 1 heterocycles. The Morgan fingerprint density at radius 3 is 2.31 bits per heavy atom. The second-order valence-electron chi connectivity index (χ2n) is 5.69. The van der Waals surface area contributed by atoms with Gasteiger partial charge in [0.2, 0.25) is 0 Å². The number of ether oxygens (including phenoxy) is 1. The lowest BCUT2D eigenvalue weighted by Crippen LogP contribution is -2.30. The lowest BCUT2D eigenvalue weighted by molar-refractivity contribution is -0.137. The number of amides is 2. The maximum atomic E-state index is 13.0. The molecular formula is C20H19NO4S. The zero-order chi connectivity index (χ0) is 18.5. The Bertz CT molecular complexity index is 831. The predicted octanol–water partition coefficient (Wildman–Crippen LogP) is 2.70. The molecule has 1 aliphatic heterocycles. The minimum Gasteiger partial charge on any atom is -0.497 e. The number of aliphatic hydroxyl groups excluding tert-OH is 1. The van der Waals surface area contributed by atoms with Gasteiger partial charge in [0.1, 0.15) is 5.75 Å². The molecule has 0 saturated heterocycles. The zero-order valence-electron chi connectivity index (χ0n) is 14.3. The first-order valence-electron chi connectivity index (χ1n) is 8.18. The van der Waals surface area contributed by atoms with Crippen molar-refractivity contribution in [2.24, 2.45) is 0 Å². The van der Waals surface area contributed by atoms with Gasteiger partial charge in [-0.05, 0) is 23.3 Å². The summed E-state index contributed by atoms with van der Waals surface area (Å²) >= 11 is 1.22. The van der Waals surface area contributed by atoms with Crippen LogP contribution in [0.4, 0.5) is 0 Å². The van der Waals surface area contributed by atoms with Crippen molar-refractivity contribution in [3.8, 4) is 5.75 Å². The van der Waals surface area contributed by atoms with Gasteiger partial charge in [-0.3, -0.25) is 14.5 Å². The molecule has 0 aliphatic carbocycles. The number of hydrogen-bond donors (Lipinski definition) is 1. The average molecular weight is 369 g/mol. The highest BCUT2D eigenvalue weighted by Crippen LogP contribution is 2.36. The molecule has 0 fully saturated rings. The molecule has 0 atom stereocenters. The van der Waals surface area contributed by atoms with E-state index in [1.807, 2.05) is 42.5 Å². The second kappa shape index (κ2) is 8.21. The Balaban J connectivity index is 1.90. The van der Waals surface area contributed by atoms with Gasteiger partial charge in [0, 0.05) is 5.75 Å². The molecule has 0 radical (unpaired) electrons. The second-order valence-corrected chi connectivity index (χ2v) is 6.79. The Kier molecular flexibility index (Phi) is 5.75. The number of nitrogens with zero attached hydrogens (tertiary/aromatic N) is 1. The van der Waals surface area contributed by atoms with E-state index >= 15 is 0 Å². The summed E-state index contributed by atoms with van der Waals surface area (Å²) in [6.45, 7) is 0.136. The van der Waals surface area contributed by atoms with E-state index in [-0.39, 0.29) is 25.0 Å². The van der Waals surface area contributed by atoms with Crippen LogP contribution >= 0.6 is 11.8 Å². The molecule has 134 valence electrons. The van der Waals surface area contributed by atoms with Gasteiger partial charge in [-0.2, -0.15) is 0 Å². The Morgan fingerprint density at radius 2 is 1.69 bits per heavy atom. The van der Waals surface area contributed by atoms with E-state index in [0.717, 1.165) is 11.3 Å². The van der Waals surface area contributed by atoms with E-state index in [2.05, 4.69) is 0 Å². The molecule has 1 N–H and O–H groups in total. The lowest BCUT2D eigenvalue weighted by Gasteiger charge is -2.15. The highest BCUT2D eigenvalue weighted by Gasteiger charge is 2.38. The maximum Gasteiger partial charge on any atom is 0.268 e. The number of methoxy groups -OCH3 is 1. The maximum absolute atomic E-state index is 13.0. The minimum absolute atomic E-state index is 0.0593. The summed E-state index contributed by atoms with van der Waals surface area (Å²) in [7, 11) is 1.59. The molecule has 3 rings (SSSR count). The monoisotopic (exact) mass is 369 g/mol. The Hall–Kier alpha value is -2.57. The zero-order valence-corrected chi connectivity index (χ0v) is 15.2. The summed E-state index contributed by atoms with van der Waals surface area (Å²) in [5.41, 5.74) is 1.96.